The Balaban J connectivity index is 0. The van der Waals surface area contributed by atoms with Gasteiger partial charge < -0.3 is 37.0 Å². The Morgan fingerprint density at radius 1 is 0.620 bits per heavy atom. The van der Waals surface area contributed by atoms with Crippen LogP contribution in [0.25, 0.3) is 0 Å². The maximum absolute atomic E-state index is 10.1. The summed E-state index contributed by atoms with van der Waals surface area (Å²) >= 11 is 0. The Labute approximate surface area is 306 Å². The predicted molar refractivity (Wildman–Crippen MR) is 213 cm³/mol. The highest BCUT2D eigenvalue weighted by Gasteiger charge is 2.28. The molecule has 0 saturated heterocycles. The number of aliphatic imine (C=N–C) groups is 1. The van der Waals surface area contributed by atoms with Crippen molar-refractivity contribution < 1.29 is 25.5 Å². The van der Waals surface area contributed by atoms with Crippen LogP contribution in [-0.2, 0) is 0 Å². The summed E-state index contributed by atoms with van der Waals surface area (Å²) in [7, 11) is 0. The van der Waals surface area contributed by atoms with Crippen LogP contribution in [0, 0.1) is 39.4 Å². The number of aliphatic hydroxyl groups is 5. The molecule has 4 unspecified atom stereocenters. The van der Waals surface area contributed by atoms with Gasteiger partial charge in [0.25, 0.3) is 0 Å². The molecule has 9 N–H and O–H groups in total. The molecule has 0 spiro atoms. The van der Waals surface area contributed by atoms with Gasteiger partial charge in [-0.25, -0.2) is 0 Å². The van der Waals surface area contributed by atoms with E-state index in [1.54, 1.807) is 0 Å². The van der Waals surface area contributed by atoms with Crippen LogP contribution < -0.4 is 11.5 Å². The predicted octanol–water partition coefficient (Wildman–Crippen LogP) is 7.89. The summed E-state index contributed by atoms with van der Waals surface area (Å²) in [5, 5.41) is 46.6. The van der Waals surface area contributed by atoms with E-state index in [1.807, 2.05) is 81.4 Å². The lowest BCUT2D eigenvalue weighted by Gasteiger charge is -2.31. The Morgan fingerprint density at radius 3 is 1.32 bits per heavy atom. The van der Waals surface area contributed by atoms with Crippen LogP contribution in [0.15, 0.2) is 65.7 Å². The van der Waals surface area contributed by atoms with Crippen molar-refractivity contribution in [3.05, 3.63) is 71.8 Å². The van der Waals surface area contributed by atoms with Crippen LogP contribution in [0.5, 0.6) is 0 Å². The van der Waals surface area contributed by atoms with E-state index in [-0.39, 0.29) is 71.5 Å². The first-order valence-electron chi connectivity index (χ1n) is 18.2. The zero-order chi connectivity index (χ0) is 39.3. The van der Waals surface area contributed by atoms with Gasteiger partial charge in [0.1, 0.15) is 0 Å². The van der Waals surface area contributed by atoms with Crippen molar-refractivity contribution in [3.8, 4) is 0 Å². The lowest BCUT2D eigenvalue weighted by atomic mass is 9.77. The van der Waals surface area contributed by atoms with E-state index in [4.69, 9.17) is 21.7 Å². The minimum atomic E-state index is -0.365. The largest absolute Gasteiger partial charge is 0.396 e. The number of benzene rings is 2. The first-order chi connectivity index (χ1) is 22.8. The van der Waals surface area contributed by atoms with Gasteiger partial charge in [0.15, 0.2) is 5.96 Å². The van der Waals surface area contributed by atoms with Gasteiger partial charge in [-0.2, -0.15) is 0 Å². The molecule has 8 nitrogen and oxygen atoms in total. The summed E-state index contributed by atoms with van der Waals surface area (Å²) in [6, 6.07) is 19.7. The molecule has 4 atom stereocenters. The van der Waals surface area contributed by atoms with Crippen LogP contribution in [0.2, 0.25) is 0 Å². The van der Waals surface area contributed by atoms with Crippen molar-refractivity contribution in [3.63, 3.8) is 0 Å². The summed E-state index contributed by atoms with van der Waals surface area (Å²) < 4.78 is 0. The summed E-state index contributed by atoms with van der Waals surface area (Å²) in [6.45, 7) is 28.4. The van der Waals surface area contributed by atoms with Crippen LogP contribution in [0.3, 0.4) is 0 Å². The highest BCUT2D eigenvalue weighted by molar-refractivity contribution is 5.75. The van der Waals surface area contributed by atoms with Gasteiger partial charge >= 0.3 is 0 Å². The monoisotopic (exact) mass is 704 g/mol. The Bertz CT molecular complexity index is 1120. The van der Waals surface area contributed by atoms with Gasteiger partial charge in [0, 0.05) is 32.3 Å². The minimum Gasteiger partial charge on any atom is -0.396 e. The van der Waals surface area contributed by atoms with E-state index < -0.39 is 0 Å². The lowest BCUT2D eigenvalue weighted by molar-refractivity contribution is 0.0535. The first kappa shape index (κ1) is 49.6. The van der Waals surface area contributed by atoms with Crippen molar-refractivity contribution in [2.45, 2.75) is 121 Å². The Hall–Kier alpha value is -2.49. The normalized spacial score (nSPS) is 14.4. The maximum atomic E-state index is 10.1. The Morgan fingerprint density at radius 2 is 1.02 bits per heavy atom. The van der Waals surface area contributed by atoms with Crippen LogP contribution in [0.4, 0.5) is 0 Å². The smallest absolute Gasteiger partial charge is 0.185 e. The van der Waals surface area contributed by atoms with E-state index >= 15 is 0 Å². The number of guanidine groups is 1. The summed E-state index contributed by atoms with van der Waals surface area (Å²) in [6.07, 6.45) is 1.98. The van der Waals surface area contributed by atoms with Crippen molar-refractivity contribution in [1.82, 2.24) is 0 Å². The first-order valence-corrected chi connectivity index (χ1v) is 18.2. The molecule has 8 heteroatoms. The highest BCUT2D eigenvalue weighted by atomic mass is 16.3. The Kier molecular flexibility index (Phi) is 23.7. The lowest BCUT2D eigenvalue weighted by Crippen LogP contribution is -2.26. The quantitative estimate of drug-likeness (QED) is 0.0710. The number of nitrogens with zero attached hydrogens (tertiary/aromatic N) is 1. The molecule has 0 radical (unpaired) electrons. The zero-order valence-corrected chi connectivity index (χ0v) is 33.9. The topological polar surface area (TPSA) is 166 Å². The van der Waals surface area contributed by atoms with E-state index in [9.17, 15) is 15.3 Å². The number of hydrogen-bond acceptors (Lipinski definition) is 6. The fourth-order valence-electron chi connectivity index (χ4n) is 4.74. The van der Waals surface area contributed by atoms with Gasteiger partial charge in [-0.05, 0) is 63.9 Å². The fraction of sp³-hybridized carbons (Fsp3) is 0.690. The average molecular weight is 704 g/mol. The molecule has 0 aliphatic rings. The number of rotatable bonds is 11. The van der Waals surface area contributed by atoms with Gasteiger partial charge in [0.05, 0.1) is 12.2 Å². The average Bonchev–Trinajstić information content (AvgIpc) is 3.00. The van der Waals surface area contributed by atoms with Gasteiger partial charge in [0.2, 0.25) is 0 Å². The molecule has 0 saturated carbocycles. The number of aliphatic hydroxyl groups excluding tert-OH is 5. The molecular formula is C42H77N3O5. The van der Waals surface area contributed by atoms with E-state index in [2.05, 4.69) is 74.2 Å². The van der Waals surface area contributed by atoms with Gasteiger partial charge in [-0.3, -0.25) is 4.99 Å². The van der Waals surface area contributed by atoms with E-state index in [1.165, 1.54) is 0 Å². The molecule has 0 aliphatic heterocycles. The third-order valence-electron chi connectivity index (χ3n) is 9.09. The molecule has 290 valence electrons. The molecule has 0 aromatic heterocycles. The molecule has 0 bridgehead atoms. The molecule has 2 rings (SSSR count). The van der Waals surface area contributed by atoms with Gasteiger partial charge in [-0.1, -0.05) is 151 Å². The van der Waals surface area contributed by atoms with Crippen molar-refractivity contribution in [1.29, 1.82) is 0 Å². The fourth-order valence-corrected chi connectivity index (χ4v) is 4.74. The molecular weight excluding hydrogens is 626 g/mol. The van der Waals surface area contributed by atoms with Crippen LogP contribution >= 0.6 is 0 Å². The molecule has 2 aromatic rings. The van der Waals surface area contributed by atoms with Crippen molar-refractivity contribution >= 4 is 5.96 Å². The standard InChI is InChI=1S/C13H20O.C12H18O.C10H23N3O.C7H16O2/c1-10(13(2,3)4)12(14)11-8-6-5-7-9-11;1-12(2,3)9-11(13)10-7-5-4-6-8-10;1-10(2,3)8(7-14)5-4-6-13-9(11)12;1-7(2,3)6(4-8)5-9/h5-10,12,14H,1-4H3;4-8,11,13H,9H2,1-3H3;8,14H,4-7H2,1-3H3,(H4,11,12,13);6,8-9H,4-5H2,1-3H3. The summed E-state index contributed by atoms with van der Waals surface area (Å²) in [4.78, 5) is 3.90. The number of hydrogen-bond donors (Lipinski definition) is 7. The third kappa shape index (κ3) is 23.8. The van der Waals surface area contributed by atoms with Crippen molar-refractivity contribution in [2.75, 3.05) is 26.4 Å². The zero-order valence-electron chi connectivity index (χ0n) is 33.9. The minimum absolute atomic E-state index is 0.0116. The van der Waals surface area contributed by atoms with E-state index in [0.29, 0.717) is 12.5 Å². The summed E-state index contributed by atoms with van der Waals surface area (Å²) in [5.74, 6) is 0.723. The molecule has 2 aromatic carbocycles. The molecule has 50 heavy (non-hydrogen) atoms. The third-order valence-corrected chi connectivity index (χ3v) is 9.09. The SMILES string of the molecule is CC(C(O)c1ccccc1)C(C)(C)C.CC(C)(C)C(CO)CCCN=C(N)N.CC(C)(C)C(CO)CO.CC(C)(C)CC(O)c1ccccc1. The second-order valence-corrected chi connectivity index (χ2v) is 17.8. The molecule has 0 aliphatic carbocycles. The van der Waals surface area contributed by atoms with Crippen LogP contribution in [-0.4, -0.2) is 57.9 Å². The molecule has 0 heterocycles. The second kappa shape index (κ2) is 23.9. The van der Waals surface area contributed by atoms with Crippen LogP contribution in [0.1, 0.15) is 133 Å². The highest BCUT2D eigenvalue weighted by Crippen LogP contribution is 2.35. The maximum Gasteiger partial charge on any atom is 0.185 e. The second-order valence-electron chi connectivity index (χ2n) is 17.8. The van der Waals surface area contributed by atoms with E-state index in [0.717, 1.165) is 30.4 Å². The molecule has 0 fully saturated rings. The number of nitrogens with two attached hydrogens (primary N) is 2. The van der Waals surface area contributed by atoms with Gasteiger partial charge in [-0.15, -0.1) is 0 Å². The van der Waals surface area contributed by atoms with Crippen molar-refractivity contribution in [2.24, 2.45) is 55.9 Å². The molecule has 0 amide bonds. The summed E-state index contributed by atoms with van der Waals surface area (Å²) in [5.41, 5.74) is 12.9.